The average molecular weight is 985 g/mol. The number of para-hydroxylation sites is 4. The van der Waals surface area contributed by atoms with Crippen molar-refractivity contribution in [3.63, 3.8) is 0 Å². The number of rotatable bonds is 7. The molecule has 3 aromatic heterocycles. The van der Waals surface area contributed by atoms with Crippen LogP contribution in [-0.4, -0.2) is 9.55 Å². The molecular formula is C55H41N4O2Pt-3. The topological polar surface area (TPSA) is 46.7 Å². The number of furan rings is 1. The first kappa shape index (κ1) is 39.3. The van der Waals surface area contributed by atoms with Gasteiger partial charge in [0.05, 0.1) is 6.26 Å². The third kappa shape index (κ3) is 6.76. The van der Waals surface area contributed by atoms with Crippen molar-refractivity contribution >= 4 is 55.7 Å². The van der Waals surface area contributed by atoms with Gasteiger partial charge in [0.15, 0.2) is 0 Å². The van der Waals surface area contributed by atoms with Gasteiger partial charge >= 0.3 is 0 Å². The summed E-state index contributed by atoms with van der Waals surface area (Å²) in [6.45, 7) is 11.0. The first-order chi connectivity index (χ1) is 29.8. The molecule has 0 saturated carbocycles. The molecule has 0 radical (unpaired) electrons. The Bertz CT molecular complexity index is 3220. The molecular weight excluding hydrogens is 944 g/mol. The molecule has 0 bridgehead atoms. The van der Waals surface area contributed by atoms with Gasteiger partial charge in [-0.1, -0.05) is 135 Å². The zero-order valence-corrected chi connectivity index (χ0v) is 36.9. The van der Waals surface area contributed by atoms with Gasteiger partial charge in [0.1, 0.15) is 5.82 Å². The SMILES string of the molecule is Cc1cc(-n2c3[c-]c(Oc4[c-]c(N5[CH-]N(c6c(-c7ccccc7)cccc6-c6ccccc6)c6ccccc65)cc(C(C)(C)C)c4)ccc3c3ccccc32)nc2occc12.[Pt]. The van der Waals surface area contributed by atoms with Gasteiger partial charge < -0.3 is 23.5 Å². The molecule has 10 aromatic rings. The maximum absolute atomic E-state index is 6.83. The van der Waals surface area contributed by atoms with Crippen LogP contribution in [-0.2, 0) is 26.5 Å². The Morgan fingerprint density at radius 2 is 1.27 bits per heavy atom. The summed E-state index contributed by atoms with van der Waals surface area (Å²) in [4.78, 5) is 9.52. The monoisotopic (exact) mass is 984 g/mol. The first-order valence-corrected chi connectivity index (χ1v) is 20.6. The van der Waals surface area contributed by atoms with Crippen molar-refractivity contribution in [2.24, 2.45) is 0 Å². The second-order valence-corrected chi connectivity index (χ2v) is 16.6. The normalized spacial score (nSPS) is 12.6. The zero-order valence-electron chi connectivity index (χ0n) is 34.7. The van der Waals surface area contributed by atoms with Crippen molar-refractivity contribution in [3.05, 3.63) is 200 Å². The largest absolute Gasteiger partial charge is 0.509 e. The van der Waals surface area contributed by atoms with Crippen molar-refractivity contribution < 1.29 is 30.2 Å². The molecule has 62 heavy (non-hydrogen) atoms. The molecule has 0 aliphatic carbocycles. The van der Waals surface area contributed by atoms with E-state index in [9.17, 15) is 0 Å². The standard InChI is InChI=1S/C55H41N4O2.Pt/c1-36-30-52(56-54-43(36)28-29-60-54)59-48-23-12-11-20-46(48)47-27-26-41(34-51(47)59)61-42-32-39(55(2,3)4)31-40(33-42)57-35-58(50-25-14-13-24-49(50)57)53-44(37-16-7-5-8-17-37)21-15-22-45(53)38-18-9-6-10-19-38;/h5-32,35H,1-4H3;/q-3;. The van der Waals surface area contributed by atoms with E-state index in [1.807, 2.05) is 12.1 Å². The second kappa shape index (κ2) is 15.5. The smallest absolute Gasteiger partial charge is 0.228 e. The summed E-state index contributed by atoms with van der Waals surface area (Å²) < 4.78 is 14.8. The molecule has 0 saturated heterocycles. The molecule has 6 nitrogen and oxygen atoms in total. The molecule has 4 heterocycles. The van der Waals surface area contributed by atoms with Crippen LogP contribution in [0.5, 0.6) is 11.5 Å². The van der Waals surface area contributed by atoms with E-state index >= 15 is 0 Å². The summed E-state index contributed by atoms with van der Waals surface area (Å²) in [5.74, 6) is 1.95. The summed E-state index contributed by atoms with van der Waals surface area (Å²) >= 11 is 0. The summed E-state index contributed by atoms with van der Waals surface area (Å²) in [6.07, 6.45) is 1.69. The number of aromatic nitrogens is 2. The van der Waals surface area contributed by atoms with Gasteiger partial charge in [0.2, 0.25) is 5.71 Å². The van der Waals surface area contributed by atoms with E-state index in [1.165, 1.54) is 0 Å². The van der Waals surface area contributed by atoms with E-state index in [2.05, 4.69) is 213 Å². The fraction of sp³-hybridized carbons (Fsp3) is 0.0909. The predicted molar refractivity (Wildman–Crippen MR) is 248 cm³/mol. The van der Waals surface area contributed by atoms with E-state index in [1.54, 1.807) is 6.26 Å². The van der Waals surface area contributed by atoms with Crippen LogP contribution in [0.4, 0.5) is 22.7 Å². The van der Waals surface area contributed by atoms with Gasteiger partial charge in [0, 0.05) is 71.7 Å². The van der Waals surface area contributed by atoms with Crippen molar-refractivity contribution in [2.75, 3.05) is 9.80 Å². The molecule has 1 aliphatic rings. The minimum atomic E-state index is -0.185. The minimum Gasteiger partial charge on any atom is -0.509 e. The summed E-state index contributed by atoms with van der Waals surface area (Å²) in [6, 6.07) is 64.6. The number of hydrogen-bond acceptors (Lipinski definition) is 5. The van der Waals surface area contributed by atoms with E-state index in [4.69, 9.17) is 14.1 Å². The summed E-state index contributed by atoms with van der Waals surface area (Å²) in [5.41, 5.74) is 13.2. The average Bonchev–Trinajstić information content (AvgIpc) is 4.01. The van der Waals surface area contributed by atoms with E-state index in [0.717, 1.165) is 89.1 Å². The molecule has 0 atom stereocenters. The van der Waals surface area contributed by atoms with Crippen molar-refractivity contribution in [2.45, 2.75) is 33.1 Å². The van der Waals surface area contributed by atoms with Crippen LogP contribution < -0.4 is 14.5 Å². The van der Waals surface area contributed by atoms with E-state index in [-0.39, 0.29) is 26.5 Å². The number of nitrogens with zero attached hydrogens (tertiary/aromatic N) is 4. The Morgan fingerprint density at radius 1 is 0.613 bits per heavy atom. The van der Waals surface area contributed by atoms with Crippen molar-refractivity contribution in [1.82, 2.24) is 9.55 Å². The Kier molecular flexibility index (Phi) is 9.84. The van der Waals surface area contributed by atoms with E-state index in [0.29, 0.717) is 17.2 Å². The quantitative estimate of drug-likeness (QED) is 0.149. The van der Waals surface area contributed by atoms with Crippen LogP contribution in [0.1, 0.15) is 31.9 Å². The molecule has 306 valence electrons. The van der Waals surface area contributed by atoms with Gasteiger partial charge in [-0.2, -0.15) is 11.1 Å². The van der Waals surface area contributed by atoms with Crippen LogP contribution in [0.25, 0.3) is 61.0 Å². The number of anilines is 4. The Labute approximate surface area is 375 Å². The molecule has 0 amide bonds. The van der Waals surface area contributed by atoms with Gasteiger partial charge in [-0.25, -0.2) is 0 Å². The summed E-state index contributed by atoms with van der Waals surface area (Å²) in [5, 5.41) is 3.17. The molecule has 11 rings (SSSR count). The fourth-order valence-corrected chi connectivity index (χ4v) is 8.63. The Balaban J connectivity index is 0.00000458. The van der Waals surface area contributed by atoms with Crippen LogP contribution in [0, 0.1) is 25.7 Å². The molecule has 0 unspecified atom stereocenters. The fourth-order valence-electron chi connectivity index (χ4n) is 8.63. The maximum atomic E-state index is 6.83. The van der Waals surface area contributed by atoms with Crippen LogP contribution >= 0.6 is 0 Å². The van der Waals surface area contributed by atoms with Gasteiger partial charge in [0.25, 0.3) is 0 Å². The number of pyridine rings is 1. The number of hydrogen-bond donors (Lipinski definition) is 0. The number of ether oxygens (including phenoxy) is 1. The van der Waals surface area contributed by atoms with Crippen molar-refractivity contribution in [3.8, 4) is 39.6 Å². The number of fused-ring (bicyclic) bond motifs is 5. The van der Waals surface area contributed by atoms with E-state index < -0.39 is 0 Å². The zero-order chi connectivity index (χ0) is 41.2. The Hall–Kier alpha value is -6.88. The number of benzene rings is 7. The maximum Gasteiger partial charge on any atom is 0.228 e. The predicted octanol–water partition coefficient (Wildman–Crippen LogP) is 14.7. The molecule has 0 fully saturated rings. The number of aryl methyl sites for hydroxylation is 1. The molecule has 1 aliphatic heterocycles. The van der Waals surface area contributed by atoms with Gasteiger partial charge in [-0.15, -0.1) is 53.6 Å². The van der Waals surface area contributed by atoms with Crippen LogP contribution in [0.2, 0.25) is 0 Å². The van der Waals surface area contributed by atoms with Crippen molar-refractivity contribution in [1.29, 1.82) is 0 Å². The minimum absolute atomic E-state index is 0. The third-order valence-corrected chi connectivity index (χ3v) is 11.7. The first-order valence-electron chi connectivity index (χ1n) is 20.6. The molecule has 0 N–H and O–H groups in total. The molecule has 7 aromatic carbocycles. The van der Waals surface area contributed by atoms with Crippen LogP contribution in [0.15, 0.2) is 174 Å². The molecule has 0 spiro atoms. The van der Waals surface area contributed by atoms with Gasteiger partial charge in [-0.3, -0.25) is 0 Å². The third-order valence-electron chi connectivity index (χ3n) is 11.7. The van der Waals surface area contributed by atoms with Crippen LogP contribution in [0.3, 0.4) is 0 Å². The molecule has 7 heteroatoms. The second-order valence-electron chi connectivity index (χ2n) is 16.6. The summed E-state index contributed by atoms with van der Waals surface area (Å²) in [7, 11) is 0. The Morgan fingerprint density at radius 3 is 1.98 bits per heavy atom. The van der Waals surface area contributed by atoms with Gasteiger partial charge in [-0.05, 0) is 64.7 Å².